The van der Waals surface area contributed by atoms with Crippen LogP contribution in [-0.4, -0.2) is 56.6 Å². The molecule has 0 aliphatic carbocycles. The van der Waals surface area contributed by atoms with Crippen LogP contribution in [0.5, 0.6) is 0 Å². The molecule has 1 aromatic heterocycles. The van der Waals surface area contributed by atoms with Crippen molar-refractivity contribution in [1.82, 2.24) is 0 Å². The first-order chi connectivity index (χ1) is 55.4. The van der Waals surface area contributed by atoms with Crippen molar-refractivity contribution < 1.29 is 44.6 Å². The highest BCUT2D eigenvalue weighted by Gasteiger charge is 2.44. The molecule has 1 heterocycles. The summed E-state index contributed by atoms with van der Waals surface area (Å²) in [7, 11) is -9.96. The third-order valence-corrected chi connectivity index (χ3v) is 24.0. The van der Waals surface area contributed by atoms with E-state index in [2.05, 4.69) is 323 Å². The van der Waals surface area contributed by atoms with Crippen LogP contribution in [0.25, 0.3) is 64.7 Å². The first-order valence-corrected chi connectivity index (χ1v) is 44.4. The Bertz CT molecular complexity index is 5910. The van der Waals surface area contributed by atoms with Crippen molar-refractivity contribution in [3.63, 3.8) is 0 Å². The van der Waals surface area contributed by atoms with Gasteiger partial charge in [0.15, 0.2) is 0 Å². The number of halogens is 7. The summed E-state index contributed by atoms with van der Waals surface area (Å²) >= 11 is 14.6. The van der Waals surface area contributed by atoms with Crippen molar-refractivity contribution in [1.29, 1.82) is 0 Å². The molecule has 16 rings (SSSR count). The molecule has 0 fully saturated rings. The Morgan fingerprint density at radius 2 is 0.643 bits per heavy atom. The summed E-state index contributed by atoms with van der Waals surface area (Å²) in [5, 5.41) is 22.0. The number of anilines is 9. The van der Waals surface area contributed by atoms with Crippen LogP contribution in [-0.2, 0) is 31.7 Å². The summed E-state index contributed by atoms with van der Waals surface area (Å²) < 4.78 is 89.3. The number of nitrogens with zero attached hydrogens (tertiary/aromatic N) is 3. The Hall–Kier alpha value is -9.93. The SMILES string of the molecule is Brc1ccc(-c2ccc(I)cc2)cc1.Brc1ccc(-c2ccc3c(c2)sc2ccc(N(c4ccccc4)c4ccccc4)cc23)cc1.CS(=O)c1ccc(N(c2ccccc2)c2ccccc2)cc1-c1ccc(-c2ccc(Br)cc2)cc1.CS(=O)c1ccc(N(c2ccccc2)c2ccccc2)cc1B(O)O.O=S(=O)(O)C(F)(F)F. The van der Waals surface area contributed by atoms with E-state index in [1.54, 1.807) is 18.4 Å². The maximum atomic E-state index is 12.7. The Kier molecular flexibility index (Phi) is 29.1. The van der Waals surface area contributed by atoms with E-state index in [0.717, 1.165) is 91.8 Å². The maximum absolute atomic E-state index is 12.7. The van der Waals surface area contributed by atoms with Gasteiger partial charge in [-0.1, -0.05) is 242 Å². The zero-order valence-corrected chi connectivity index (χ0v) is 71.6. The van der Waals surface area contributed by atoms with Crippen LogP contribution in [0.4, 0.5) is 64.4 Å². The third-order valence-electron chi connectivity index (χ3n) is 18.0. The molecule has 2 unspecified atom stereocenters. The van der Waals surface area contributed by atoms with Gasteiger partial charge in [-0.05, 0) is 249 Å². The van der Waals surface area contributed by atoms with E-state index in [-0.39, 0.29) is 5.46 Å². The van der Waals surface area contributed by atoms with Crippen LogP contribution in [0.15, 0.2) is 399 Å². The number of alkyl halides is 3. The van der Waals surface area contributed by atoms with Gasteiger partial charge in [0.25, 0.3) is 0 Å². The Morgan fingerprint density at radius 1 is 0.348 bits per heavy atom. The maximum Gasteiger partial charge on any atom is 0.522 e. The Morgan fingerprint density at radius 3 is 0.991 bits per heavy atom. The monoisotopic (exact) mass is 1900 g/mol. The van der Waals surface area contributed by atoms with Gasteiger partial charge in [0.05, 0.1) is 10.8 Å². The molecule has 576 valence electrons. The molecular weight excluding hydrogens is 1830 g/mol. The second kappa shape index (κ2) is 39.6. The van der Waals surface area contributed by atoms with Crippen LogP contribution >= 0.6 is 81.7 Å². The summed E-state index contributed by atoms with van der Waals surface area (Å²) in [6.07, 6.45) is 3.26. The molecule has 0 bridgehead atoms. The zero-order valence-electron chi connectivity index (χ0n) is 61.5. The van der Waals surface area contributed by atoms with Gasteiger partial charge in [-0.2, -0.15) is 21.6 Å². The number of fused-ring (bicyclic) bond motifs is 3. The normalized spacial score (nSPS) is 11.5. The smallest absolute Gasteiger partial charge is 0.423 e. The number of hydrogen-bond acceptors (Lipinski definition) is 10. The lowest BCUT2D eigenvalue weighted by Crippen LogP contribution is -2.33. The van der Waals surface area contributed by atoms with Crippen LogP contribution in [0, 0.1) is 3.57 Å². The van der Waals surface area contributed by atoms with Gasteiger partial charge in [0, 0.05) is 127 Å². The number of para-hydroxylation sites is 6. The van der Waals surface area contributed by atoms with E-state index in [4.69, 9.17) is 13.0 Å². The second-order valence-electron chi connectivity index (χ2n) is 25.7. The molecule has 22 heteroatoms. The fourth-order valence-electron chi connectivity index (χ4n) is 12.6. The minimum atomic E-state index is -5.84. The molecule has 0 saturated carbocycles. The first kappa shape index (κ1) is 84.5. The van der Waals surface area contributed by atoms with Crippen molar-refractivity contribution in [2.75, 3.05) is 27.2 Å². The van der Waals surface area contributed by atoms with Gasteiger partial charge in [-0.3, -0.25) is 13.0 Å². The van der Waals surface area contributed by atoms with Gasteiger partial charge in [0.2, 0.25) is 0 Å². The molecule has 0 radical (unpaired) electrons. The lowest BCUT2D eigenvalue weighted by atomic mass is 9.80. The van der Waals surface area contributed by atoms with Gasteiger partial charge >= 0.3 is 22.7 Å². The molecule has 0 amide bonds. The highest BCUT2D eigenvalue weighted by atomic mass is 127. The molecule has 16 aromatic rings. The van der Waals surface area contributed by atoms with E-state index in [1.807, 2.05) is 138 Å². The first-order valence-electron chi connectivity index (χ1n) is 35.6. The molecular formula is C93H71BBr3F3IN3O7S4. The number of hydrogen-bond donors (Lipinski definition) is 3. The van der Waals surface area contributed by atoms with E-state index in [9.17, 15) is 31.6 Å². The van der Waals surface area contributed by atoms with E-state index >= 15 is 0 Å². The van der Waals surface area contributed by atoms with E-state index in [0.29, 0.717) is 4.90 Å². The third kappa shape index (κ3) is 22.2. The lowest BCUT2D eigenvalue weighted by molar-refractivity contribution is -0.0510. The standard InChI is InChI=1S/C31H24BrNOS.C30H20BrNS.C19H18BNO3S.C12H8BrI.CHF3O3S/c1-35(34)31-21-20-29(33(27-8-4-2-5-9-27)28-10-6-3-7-11-28)22-30(31)25-14-12-23(13-15-25)24-16-18-26(32)19-17-24;31-23-14-11-21(12-15-23)22-13-17-27-28-20-26(16-18-29(28)33-30(27)19-22)32(24-7-3-1-4-8-24)25-9-5-2-6-10-25;1-25(24)19-13-12-17(14-18(19)20(22)23)21(15-8-4-2-5-9-15)16-10-6-3-7-11-16;13-11-5-1-9(2-6-11)10-3-7-12(14)8-4-10;2-1(3,4)8(5,6)7/h2-22H,1H3;1-20H;2-14,22-23H,1H3;1-8H;(H,5,6,7). The molecule has 10 nitrogen and oxygen atoms in total. The zero-order chi connectivity index (χ0) is 81.2. The van der Waals surface area contributed by atoms with Crippen molar-refractivity contribution in [3.05, 3.63) is 393 Å². The van der Waals surface area contributed by atoms with Crippen molar-refractivity contribution >= 4 is 197 Å². The predicted molar refractivity (Wildman–Crippen MR) is 492 cm³/mol. The Labute approximate surface area is 715 Å². The highest BCUT2D eigenvalue weighted by molar-refractivity contribution is 14.1. The predicted octanol–water partition coefficient (Wildman–Crippen LogP) is 26.6. The summed E-state index contributed by atoms with van der Waals surface area (Å²) in [4.78, 5) is 7.79. The van der Waals surface area contributed by atoms with Crippen LogP contribution in [0.3, 0.4) is 0 Å². The minimum absolute atomic E-state index is 0.246. The molecule has 15 aromatic carbocycles. The molecule has 0 aliphatic heterocycles. The van der Waals surface area contributed by atoms with Crippen LogP contribution < -0.4 is 20.2 Å². The Balaban J connectivity index is 0.000000142. The summed E-state index contributed by atoms with van der Waals surface area (Å²) in [5.41, 5.74) is 13.3. The number of thiophene rings is 1. The molecule has 115 heavy (non-hydrogen) atoms. The van der Waals surface area contributed by atoms with E-state index < -0.39 is 44.3 Å². The van der Waals surface area contributed by atoms with Crippen molar-refractivity contribution in [2.24, 2.45) is 0 Å². The molecule has 0 spiro atoms. The quantitative estimate of drug-likeness (QED) is 0.0371. The summed E-state index contributed by atoms with van der Waals surface area (Å²) in [6, 6.07) is 129. The van der Waals surface area contributed by atoms with Gasteiger partial charge < -0.3 is 24.7 Å². The van der Waals surface area contributed by atoms with Crippen molar-refractivity contribution in [3.8, 4) is 44.5 Å². The summed E-state index contributed by atoms with van der Waals surface area (Å²) in [5.74, 6) is 0. The topological polar surface area (TPSA) is 139 Å². The summed E-state index contributed by atoms with van der Waals surface area (Å²) in [6.45, 7) is 0. The molecule has 2 atom stereocenters. The lowest BCUT2D eigenvalue weighted by Gasteiger charge is -2.26. The molecule has 0 saturated heterocycles. The average Bonchev–Trinajstić information content (AvgIpc) is 1.65. The van der Waals surface area contributed by atoms with Gasteiger partial charge in [-0.25, -0.2) is 0 Å². The minimum Gasteiger partial charge on any atom is -0.423 e. The van der Waals surface area contributed by atoms with Gasteiger partial charge in [0.1, 0.15) is 0 Å². The largest absolute Gasteiger partial charge is 0.522 e. The average molecular weight is 1910 g/mol. The highest BCUT2D eigenvalue weighted by Crippen LogP contribution is 2.44. The fourth-order valence-corrected chi connectivity index (χ4v) is 16.4. The number of benzene rings is 15. The fraction of sp³-hybridized carbons (Fsp3) is 0.0323. The molecule has 3 N–H and O–H groups in total. The molecule has 0 aliphatic rings. The number of rotatable bonds is 16. The van der Waals surface area contributed by atoms with Gasteiger partial charge in [-0.15, -0.1) is 11.3 Å². The van der Waals surface area contributed by atoms with Crippen molar-refractivity contribution in [2.45, 2.75) is 15.3 Å². The van der Waals surface area contributed by atoms with Crippen LogP contribution in [0.2, 0.25) is 0 Å². The van der Waals surface area contributed by atoms with E-state index in [1.165, 1.54) is 52.3 Å². The second-order valence-corrected chi connectivity index (χ2v) is 34.9. The van der Waals surface area contributed by atoms with Crippen LogP contribution in [0.1, 0.15) is 0 Å².